The zero-order valence-electron chi connectivity index (χ0n) is 14.0. The maximum Gasteiger partial charge on any atom is 0.160 e. The first-order valence-electron chi connectivity index (χ1n) is 8.31. The summed E-state index contributed by atoms with van der Waals surface area (Å²) in [6.45, 7) is 0.812. The van der Waals surface area contributed by atoms with Crippen LogP contribution in [0.4, 0.5) is 5.69 Å². The fraction of sp³-hybridized carbons (Fsp3) is 0.143. The van der Waals surface area contributed by atoms with E-state index in [9.17, 15) is 4.79 Å². The average molecular weight is 331 g/mol. The van der Waals surface area contributed by atoms with Crippen molar-refractivity contribution < 1.29 is 4.79 Å². The van der Waals surface area contributed by atoms with Crippen LogP contribution in [0.2, 0.25) is 0 Å². The second kappa shape index (κ2) is 8.11. The molecule has 0 radical (unpaired) electrons. The van der Waals surface area contributed by atoms with Gasteiger partial charge in [0.1, 0.15) is 0 Å². The topological polar surface area (TPSA) is 60.9 Å². The van der Waals surface area contributed by atoms with Gasteiger partial charge in [-0.1, -0.05) is 48.5 Å². The standard InChI is InChI=1S/C21H21N3O/c22-21-9-5-4-8-19(21)14-20(25)11-10-18-15-23-24(16-18)13-12-17-6-2-1-3-7-17/h1-11,15-16H,12-14,22H2/b11-10+. The first-order valence-corrected chi connectivity index (χ1v) is 8.31. The van der Waals surface area contributed by atoms with Crippen molar-refractivity contribution in [2.45, 2.75) is 19.4 Å². The van der Waals surface area contributed by atoms with Gasteiger partial charge in [-0.3, -0.25) is 9.48 Å². The van der Waals surface area contributed by atoms with Crippen molar-refractivity contribution in [3.63, 3.8) is 0 Å². The summed E-state index contributed by atoms with van der Waals surface area (Å²) in [7, 11) is 0. The van der Waals surface area contributed by atoms with Crippen LogP contribution in [0.25, 0.3) is 6.08 Å². The lowest BCUT2D eigenvalue weighted by Crippen LogP contribution is -2.02. The number of nitrogens with two attached hydrogens (primary N) is 1. The van der Waals surface area contributed by atoms with Gasteiger partial charge in [0.25, 0.3) is 0 Å². The zero-order chi connectivity index (χ0) is 17.5. The van der Waals surface area contributed by atoms with Crippen LogP contribution in [0.1, 0.15) is 16.7 Å². The minimum Gasteiger partial charge on any atom is -0.398 e. The summed E-state index contributed by atoms with van der Waals surface area (Å²) >= 11 is 0. The molecule has 0 spiro atoms. The van der Waals surface area contributed by atoms with Gasteiger partial charge in [-0.2, -0.15) is 5.10 Å². The molecule has 0 fully saturated rings. The normalized spacial score (nSPS) is 11.0. The number of hydrogen-bond donors (Lipinski definition) is 1. The first kappa shape index (κ1) is 16.7. The molecular weight excluding hydrogens is 310 g/mol. The Hall–Kier alpha value is -3.14. The van der Waals surface area contributed by atoms with E-state index in [2.05, 4.69) is 17.2 Å². The predicted molar refractivity (Wildman–Crippen MR) is 101 cm³/mol. The third-order valence-corrected chi connectivity index (χ3v) is 4.01. The van der Waals surface area contributed by atoms with Crippen molar-refractivity contribution in [3.8, 4) is 0 Å². The van der Waals surface area contributed by atoms with Gasteiger partial charge in [0.05, 0.1) is 6.20 Å². The number of benzene rings is 2. The molecule has 0 bridgehead atoms. The zero-order valence-corrected chi connectivity index (χ0v) is 14.0. The van der Waals surface area contributed by atoms with E-state index in [0.29, 0.717) is 12.1 Å². The molecular formula is C21H21N3O. The largest absolute Gasteiger partial charge is 0.398 e. The molecule has 0 aliphatic heterocycles. The number of nitrogens with zero attached hydrogens (tertiary/aromatic N) is 2. The van der Waals surface area contributed by atoms with Gasteiger partial charge < -0.3 is 5.73 Å². The highest BCUT2D eigenvalue weighted by Gasteiger charge is 2.03. The van der Waals surface area contributed by atoms with E-state index < -0.39 is 0 Å². The molecule has 1 aromatic heterocycles. The fourth-order valence-corrected chi connectivity index (χ4v) is 2.61. The van der Waals surface area contributed by atoms with Crippen LogP contribution in [-0.2, 0) is 24.2 Å². The Morgan fingerprint density at radius 1 is 1.08 bits per heavy atom. The summed E-state index contributed by atoms with van der Waals surface area (Å²) in [4.78, 5) is 12.1. The molecule has 0 saturated heterocycles. The van der Waals surface area contributed by atoms with Crippen LogP contribution in [0, 0.1) is 0 Å². The number of carbonyl (C=O) groups excluding carboxylic acids is 1. The Morgan fingerprint density at radius 2 is 1.84 bits per heavy atom. The SMILES string of the molecule is Nc1ccccc1CC(=O)/C=C/c1cnn(CCc2ccccc2)c1. The molecule has 2 aromatic carbocycles. The molecule has 4 heteroatoms. The molecule has 0 aliphatic rings. The number of carbonyl (C=O) groups is 1. The summed E-state index contributed by atoms with van der Waals surface area (Å²) in [6.07, 6.45) is 8.34. The Kier molecular flexibility index (Phi) is 5.42. The molecule has 3 aromatic rings. The molecule has 1 heterocycles. The van der Waals surface area contributed by atoms with E-state index >= 15 is 0 Å². The van der Waals surface area contributed by atoms with Crippen molar-refractivity contribution >= 4 is 17.5 Å². The highest BCUT2D eigenvalue weighted by Crippen LogP contribution is 2.12. The minimum absolute atomic E-state index is 0.0231. The predicted octanol–water partition coefficient (Wildman–Crippen LogP) is 3.53. The van der Waals surface area contributed by atoms with Gasteiger partial charge in [-0.15, -0.1) is 0 Å². The molecule has 0 unspecified atom stereocenters. The first-order chi connectivity index (χ1) is 12.2. The molecule has 2 N–H and O–H groups in total. The Balaban J connectivity index is 1.54. The summed E-state index contributed by atoms with van der Waals surface area (Å²) in [5.74, 6) is 0.0231. The Labute approximate surface area is 147 Å². The Bertz CT molecular complexity index is 866. The molecule has 0 amide bonds. The van der Waals surface area contributed by atoms with Crippen LogP contribution in [-0.4, -0.2) is 15.6 Å². The van der Waals surface area contributed by atoms with Crippen LogP contribution < -0.4 is 5.73 Å². The van der Waals surface area contributed by atoms with Crippen LogP contribution in [0.15, 0.2) is 73.1 Å². The summed E-state index contributed by atoms with van der Waals surface area (Å²) in [5.41, 5.74) is 9.58. The molecule has 0 atom stereocenters. The molecule has 4 nitrogen and oxygen atoms in total. The van der Waals surface area contributed by atoms with Crippen LogP contribution >= 0.6 is 0 Å². The number of hydrogen-bond acceptors (Lipinski definition) is 3. The van der Waals surface area contributed by atoms with E-state index in [1.54, 1.807) is 18.3 Å². The van der Waals surface area contributed by atoms with Gasteiger partial charge in [-0.25, -0.2) is 0 Å². The third kappa shape index (κ3) is 4.91. The number of rotatable bonds is 7. The van der Waals surface area contributed by atoms with E-state index in [0.717, 1.165) is 24.1 Å². The van der Waals surface area contributed by atoms with Crippen molar-refractivity contribution in [2.75, 3.05) is 5.73 Å². The lowest BCUT2D eigenvalue weighted by Gasteiger charge is -2.01. The molecule has 0 aliphatic carbocycles. The highest BCUT2D eigenvalue weighted by atomic mass is 16.1. The summed E-state index contributed by atoms with van der Waals surface area (Å²) in [5, 5.41) is 4.34. The highest BCUT2D eigenvalue weighted by molar-refractivity contribution is 5.95. The van der Waals surface area contributed by atoms with Crippen LogP contribution in [0.3, 0.4) is 0 Å². The second-order valence-corrected chi connectivity index (χ2v) is 5.95. The minimum atomic E-state index is 0.0231. The monoisotopic (exact) mass is 331 g/mol. The van der Waals surface area contributed by atoms with Gasteiger partial charge in [0, 0.05) is 30.4 Å². The third-order valence-electron chi connectivity index (χ3n) is 4.01. The quantitative estimate of drug-likeness (QED) is 0.532. The molecule has 0 saturated carbocycles. The molecule has 25 heavy (non-hydrogen) atoms. The van der Waals surface area contributed by atoms with E-state index in [1.807, 2.05) is 53.3 Å². The number of nitrogen functional groups attached to an aromatic ring is 1. The molecule has 126 valence electrons. The van der Waals surface area contributed by atoms with Crippen molar-refractivity contribution in [1.29, 1.82) is 0 Å². The van der Waals surface area contributed by atoms with E-state index in [4.69, 9.17) is 5.73 Å². The van der Waals surface area contributed by atoms with Crippen molar-refractivity contribution in [3.05, 3.63) is 89.8 Å². The number of aromatic nitrogens is 2. The van der Waals surface area contributed by atoms with Crippen molar-refractivity contribution in [1.82, 2.24) is 9.78 Å². The van der Waals surface area contributed by atoms with Crippen molar-refractivity contribution in [2.24, 2.45) is 0 Å². The van der Waals surface area contributed by atoms with E-state index in [1.165, 1.54) is 5.56 Å². The van der Waals surface area contributed by atoms with E-state index in [-0.39, 0.29) is 5.78 Å². The number of aryl methyl sites for hydroxylation is 2. The maximum atomic E-state index is 12.1. The molecule has 3 rings (SSSR count). The number of ketones is 1. The van der Waals surface area contributed by atoms with Gasteiger partial charge >= 0.3 is 0 Å². The number of anilines is 1. The number of para-hydroxylation sites is 1. The second-order valence-electron chi connectivity index (χ2n) is 5.95. The fourth-order valence-electron chi connectivity index (χ4n) is 2.61. The summed E-state index contributed by atoms with van der Waals surface area (Å²) < 4.78 is 1.90. The maximum absolute atomic E-state index is 12.1. The Morgan fingerprint density at radius 3 is 2.64 bits per heavy atom. The smallest absolute Gasteiger partial charge is 0.160 e. The lowest BCUT2D eigenvalue weighted by atomic mass is 10.1. The van der Waals surface area contributed by atoms with Gasteiger partial charge in [0.15, 0.2) is 5.78 Å². The van der Waals surface area contributed by atoms with Gasteiger partial charge in [-0.05, 0) is 35.8 Å². The average Bonchev–Trinajstić information content (AvgIpc) is 3.09. The van der Waals surface area contributed by atoms with Gasteiger partial charge in [0.2, 0.25) is 0 Å². The van der Waals surface area contributed by atoms with Crippen LogP contribution in [0.5, 0.6) is 0 Å². The summed E-state index contributed by atoms with van der Waals surface area (Å²) in [6, 6.07) is 17.8. The lowest BCUT2D eigenvalue weighted by molar-refractivity contribution is -0.113. The number of allylic oxidation sites excluding steroid dienone is 1.